The van der Waals surface area contributed by atoms with E-state index in [0.29, 0.717) is 5.66 Å². The molecule has 1 aliphatic rings. The van der Waals surface area contributed by atoms with Gasteiger partial charge in [0.1, 0.15) is 0 Å². The van der Waals surface area contributed by atoms with Gasteiger partial charge in [-0.3, -0.25) is 4.79 Å². The van der Waals surface area contributed by atoms with Gasteiger partial charge in [0.15, 0.2) is 0 Å². The summed E-state index contributed by atoms with van der Waals surface area (Å²) in [6.07, 6.45) is 4.64. The van der Waals surface area contributed by atoms with Gasteiger partial charge in [0.05, 0.1) is 0 Å². The molecule has 0 bridgehead atoms. The van der Waals surface area contributed by atoms with E-state index in [-0.39, 0.29) is 11.9 Å². The van der Waals surface area contributed by atoms with Crippen LogP contribution in [0.1, 0.15) is 41.6 Å². The normalized spacial score (nSPS) is 19.1. The first-order valence-corrected chi connectivity index (χ1v) is 11.9. The van der Waals surface area contributed by atoms with Gasteiger partial charge in [-0.1, -0.05) is 91.2 Å². The van der Waals surface area contributed by atoms with Crippen LogP contribution in [-0.4, -0.2) is 17.6 Å². The molecule has 1 aliphatic carbocycles. The summed E-state index contributed by atoms with van der Waals surface area (Å²) in [6, 6.07) is 29.8. The van der Waals surface area contributed by atoms with Crippen molar-refractivity contribution in [2.45, 2.75) is 44.3 Å². The SMILES string of the molecule is Cc1ccc(C(=O)N[C@@H]2CCCC[C@H]2P(c2ccccc2)c2ccccc2)cc1. The lowest BCUT2D eigenvalue weighted by atomic mass is 9.94. The van der Waals surface area contributed by atoms with Crippen LogP contribution >= 0.6 is 7.92 Å². The van der Waals surface area contributed by atoms with Crippen LogP contribution in [0.15, 0.2) is 84.9 Å². The van der Waals surface area contributed by atoms with Crippen molar-refractivity contribution in [2.75, 3.05) is 0 Å². The Kier molecular flexibility index (Phi) is 6.42. The van der Waals surface area contributed by atoms with Crippen molar-refractivity contribution in [3.63, 3.8) is 0 Å². The highest BCUT2D eigenvalue weighted by Crippen LogP contribution is 2.46. The van der Waals surface area contributed by atoms with Gasteiger partial charge >= 0.3 is 0 Å². The van der Waals surface area contributed by atoms with Crippen molar-refractivity contribution in [3.8, 4) is 0 Å². The lowest BCUT2D eigenvalue weighted by molar-refractivity contribution is 0.0929. The van der Waals surface area contributed by atoms with E-state index in [1.807, 2.05) is 31.2 Å². The third kappa shape index (κ3) is 4.77. The summed E-state index contributed by atoms with van der Waals surface area (Å²) in [5, 5.41) is 6.20. The first-order chi connectivity index (χ1) is 14.2. The van der Waals surface area contributed by atoms with E-state index < -0.39 is 7.92 Å². The first-order valence-electron chi connectivity index (χ1n) is 10.5. The maximum absolute atomic E-state index is 13.0. The number of carbonyl (C=O) groups excluding carboxylic acids is 1. The fourth-order valence-corrected chi connectivity index (χ4v) is 7.33. The van der Waals surface area contributed by atoms with Crippen LogP contribution in [0.3, 0.4) is 0 Å². The quantitative estimate of drug-likeness (QED) is 0.587. The van der Waals surface area contributed by atoms with Crippen molar-refractivity contribution >= 4 is 24.4 Å². The highest BCUT2D eigenvalue weighted by atomic mass is 31.1. The van der Waals surface area contributed by atoms with Gasteiger partial charge in [0.25, 0.3) is 5.91 Å². The van der Waals surface area contributed by atoms with Crippen molar-refractivity contribution in [3.05, 3.63) is 96.1 Å². The molecule has 148 valence electrons. The van der Waals surface area contributed by atoms with E-state index in [4.69, 9.17) is 0 Å². The molecule has 3 aromatic rings. The van der Waals surface area contributed by atoms with Crippen LogP contribution in [0, 0.1) is 6.92 Å². The number of benzene rings is 3. The summed E-state index contributed by atoms with van der Waals surface area (Å²) >= 11 is 0. The van der Waals surface area contributed by atoms with Crippen LogP contribution in [0.25, 0.3) is 0 Å². The number of hydrogen-bond donors (Lipinski definition) is 1. The van der Waals surface area contributed by atoms with Gasteiger partial charge in [0, 0.05) is 17.3 Å². The third-order valence-electron chi connectivity index (χ3n) is 5.76. The Morgan fingerprint density at radius 2 is 1.34 bits per heavy atom. The standard InChI is InChI=1S/C26H28NOP/c1-20-16-18-21(19-17-20)26(28)27-24-14-8-9-15-25(24)29(22-10-4-2-5-11-22)23-12-6-3-7-13-23/h2-7,10-13,16-19,24-25H,8-9,14-15H2,1H3,(H,27,28)/t24-,25-/m1/s1. The molecule has 0 saturated heterocycles. The summed E-state index contributed by atoms with van der Waals surface area (Å²) in [4.78, 5) is 13.0. The number of hydrogen-bond acceptors (Lipinski definition) is 1. The highest BCUT2D eigenvalue weighted by molar-refractivity contribution is 7.73. The molecule has 0 unspecified atom stereocenters. The fraction of sp³-hybridized carbons (Fsp3) is 0.269. The first kappa shape index (κ1) is 19.9. The second-order valence-electron chi connectivity index (χ2n) is 7.84. The molecule has 1 fully saturated rings. The second kappa shape index (κ2) is 9.37. The number of aryl methyl sites for hydroxylation is 1. The lowest BCUT2D eigenvalue weighted by Gasteiger charge is -2.38. The van der Waals surface area contributed by atoms with Crippen molar-refractivity contribution in [1.29, 1.82) is 0 Å². The minimum Gasteiger partial charge on any atom is -0.349 e. The Morgan fingerprint density at radius 3 is 1.93 bits per heavy atom. The molecule has 1 saturated carbocycles. The predicted molar refractivity (Wildman–Crippen MR) is 124 cm³/mol. The second-order valence-corrected chi connectivity index (χ2v) is 10.3. The monoisotopic (exact) mass is 401 g/mol. The number of nitrogens with one attached hydrogen (secondary N) is 1. The Balaban J connectivity index is 1.63. The minimum atomic E-state index is -0.528. The highest BCUT2D eigenvalue weighted by Gasteiger charge is 2.34. The molecule has 3 heteroatoms. The molecule has 0 aromatic heterocycles. The molecular weight excluding hydrogens is 373 g/mol. The molecule has 1 amide bonds. The van der Waals surface area contributed by atoms with E-state index >= 15 is 0 Å². The lowest BCUT2D eigenvalue weighted by Crippen LogP contribution is -2.46. The summed E-state index contributed by atoms with van der Waals surface area (Å²) in [6.45, 7) is 2.05. The fourth-order valence-electron chi connectivity index (χ4n) is 4.25. The summed E-state index contributed by atoms with van der Waals surface area (Å²) in [5.41, 5.74) is 2.38. The average molecular weight is 401 g/mol. The Bertz CT molecular complexity index is 884. The van der Waals surface area contributed by atoms with E-state index in [1.54, 1.807) is 0 Å². The number of rotatable bonds is 5. The molecule has 3 aromatic carbocycles. The molecule has 4 rings (SSSR count). The van der Waals surface area contributed by atoms with Gasteiger partial charge < -0.3 is 5.32 Å². The molecule has 0 aliphatic heterocycles. The molecule has 0 radical (unpaired) electrons. The van der Waals surface area contributed by atoms with Crippen LogP contribution in [0.2, 0.25) is 0 Å². The topological polar surface area (TPSA) is 29.1 Å². The summed E-state index contributed by atoms with van der Waals surface area (Å²) in [5.74, 6) is 0.0537. The van der Waals surface area contributed by atoms with Crippen LogP contribution in [0.5, 0.6) is 0 Å². The van der Waals surface area contributed by atoms with Crippen LogP contribution in [0.4, 0.5) is 0 Å². The van der Waals surface area contributed by atoms with Gasteiger partial charge in [-0.25, -0.2) is 0 Å². The zero-order chi connectivity index (χ0) is 20.1. The van der Waals surface area contributed by atoms with Gasteiger partial charge in [-0.05, 0) is 50.4 Å². The third-order valence-corrected chi connectivity index (χ3v) is 8.75. The van der Waals surface area contributed by atoms with Crippen LogP contribution in [-0.2, 0) is 0 Å². The van der Waals surface area contributed by atoms with Crippen molar-refractivity contribution in [2.24, 2.45) is 0 Å². The van der Waals surface area contributed by atoms with E-state index in [2.05, 4.69) is 66.0 Å². The molecular formula is C26H28NOP. The van der Waals surface area contributed by atoms with Crippen molar-refractivity contribution in [1.82, 2.24) is 5.32 Å². The summed E-state index contributed by atoms with van der Waals surface area (Å²) in [7, 11) is -0.528. The van der Waals surface area contributed by atoms with Crippen molar-refractivity contribution < 1.29 is 4.79 Å². The molecule has 0 heterocycles. The van der Waals surface area contributed by atoms with Gasteiger partial charge in [0.2, 0.25) is 0 Å². The Morgan fingerprint density at radius 1 is 0.793 bits per heavy atom. The van der Waals surface area contributed by atoms with E-state index in [1.165, 1.54) is 29.0 Å². The zero-order valence-corrected chi connectivity index (χ0v) is 17.8. The van der Waals surface area contributed by atoms with Crippen LogP contribution < -0.4 is 15.9 Å². The smallest absolute Gasteiger partial charge is 0.251 e. The molecule has 1 N–H and O–H groups in total. The molecule has 2 nitrogen and oxygen atoms in total. The largest absolute Gasteiger partial charge is 0.349 e. The van der Waals surface area contributed by atoms with Gasteiger partial charge in [-0.15, -0.1) is 0 Å². The van der Waals surface area contributed by atoms with E-state index in [0.717, 1.165) is 18.4 Å². The summed E-state index contributed by atoms with van der Waals surface area (Å²) < 4.78 is 0. The average Bonchev–Trinajstić information content (AvgIpc) is 2.77. The van der Waals surface area contributed by atoms with Gasteiger partial charge in [-0.2, -0.15) is 0 Å². The zero-order valence-electron chi connectivity index (χ0n) is 16.9. The maximum Gasteiger partial charge on any atom is 0.251 e. The number of amides is 1. The Labute approximate surface area is 175 Å². The minimum absolute atomic E-state index is 0.0537. The molecule has 0 spiro atoms. The molecule has 2 atom stereocenters. The van der Waals surface area contributed by atoms with E-state index in [9.17, 15) is 4.79 Å². The molecule has 29 heavy (non-hydrogen) atoms. The maximum atomic E-state index is 13.0. The number of carbonyl (C=O) groups is 1. The predicted octanol–water partition coefficient (Wildman–Crippen LogP) is 5.17. The Hall–Kier alpha value is -2.44.